The minimum Gasteiger partial charge on any atom is -0.478 e. The Labute approximate surface area is 76.4 Å². The standard InChI is InChI=1S/C8H13NO2S/c1-12-7-2-4-9(6-7)5-3-8(10)11/h3,5,7H,2,4,6H2,1H3,(H,10,11)/b5-3+. The third-order valence-electron chi connectivity index (χ3n) is 1.94. The molecule has 0 aromatic heterocycles. The molecule has 1 unspecified atom stereocenters. The number of carboxylic acids is 1. The summed E-state index contributed by atoms with van der Waals surface area (Å²) in [6, 6.07) is 0. The maximum atomic E-state index is 10.2. The van der Waals surface area contributed by atoms with E-state index in [0.29, 0.717) is 5.25 Å². The summed E-state index contributed by atoms with van der Waals surface area (Å²) in [5.41, 5.74) is 0. The number of likely N-dealkylation sites (tertiary alicyclic amines) is 1. The summed E-state index contributed by atoms with van der Waals surface area (Å²) in [6.07, 6.45) is 6.11. The van der Waals surface area contributed by atoms with Gasteiger partial charge in [0.2, 0.25) is 0 Å². The number of carboxylic acid groups (broad SMARTS) is 1. The molecule has 0 aromatic rings. The Morgan fingerprint density at radius 3 is 3.00 bits per heavy atom. The molecule has 3 nitrogen and oxygen atoms in total. The monoisotopic (exact) mass is 187 g/mol. The summed E-state index contributed by atoms with van der Waals surface area (Å²) in [6.45, 7) is 1.96. The predicted molar refractivity (Wildman–Crippen MR) is 50.3 cm³/mol. The van der Waals surface area contributed by atoms with Gasteiger partial charge in [0, 0.05) is 30.6 Å². The summed E-state index contributed by atoms with van der Waals surface area (Å²) < 4.78 is 0. The zero-order chi connectivity index (χ0) is 8.97. The Morgan fingerprint density at radius 2 is 2.50 bits per heavy atom. The number of nitrogens with zero attached hydrogens (tertiary/aromatic N) is 1. The van der Waals surface area contributed by atoms with Gasteiger partial charge < -0.3 is 10.0 Å². The van der Waals surface area contributed by atoms with Gasteiger partial charge in [0.15, 0.2) is 0 Å². The van der Waals surface area contributed by atoms with Gasteiger partial charge in [-0.05, 0) is 12.7 Å². The predicted octanol–water partition coefficient (Wildman–Crippen LogP) is 1.02. The van der Waals surface area contributed by atoms with Crippen LogP contribution in [0.5, 0.6) is 0 Å². The van der Waals surface area contributed by atoms with Crippen LogP contribution in [0.25, 0.3) is 0 Å². The van der Waals surface area contributed by atoms with Crippen LogP contribution in [0.3, 0.4) is 0 Å². The molecule has 4 heteroatoms. The Hall–Kier alpha value is -0.640. The number of rotatable bonds is 3. The van der Waals surface area contributed by atoms with E-state index < -0.39 is 5.97 Å². The minimum atomic E-state index is -0.873. The number of carbonyl (C=O) groups is 1. The highest BCUT2D eigenvalue weighted by Crippen LogP contribution is 2.19. The molecular weight excluding hydrogens is 174 g/mol. The summed E-state index contributed by atoms with van der Waals surface area (Å²) in [7, 11) is 0. The van der Waals surface area contributed by atoms with E-state index in [4.69, 9.17) is 5.11 Å². The van der Waals surface area contributed by atoms with Crippen molar-refractivity contribution in [1.29, 1.82) is 0 Å². The largest absolute Gasteiger partial charge is 0.478 e. The summed E-state index contributed by atoms with van der Waals surface area (Å²) in [5, 5.41) is 9.05. The Balaban J connectivity index is 2.32. The first-order valence-electron chi connectivity index (χ1n) is 3.90. The molecule has 1 heterocycles. The van der Waals surface area contributed by atoms with E-state index in [1.54, 1.807) is 6.20 Å². The molecule has 1 saturated heterocycles. The lowest BCUT2D eigenvalue weighted by molar-refractivity contribution is -0.131. The van der Waals surface area contributed by atoms with Gasteiger partial charge in [-0.2, -0.15) is 11.8 Å². The molecule has 1 rings (SSSR count). The number of thioether (sulfide) groups is 1. The van der Waals surface area contributed by atoms with Gasteiger partial charge in [0.1, 0.15) is 0 Å². The topological polar surface area (TPSA) is 40.5 Å². The molecule has 0 radical (unpaired) electrons. The van der Waals surface area contributed by atoms with E-state index in [2.05, 4.69) is 11.2 Å². The highest BCUT2D eigenvalue weighted by Gasteiger charge is 2.18. The molecule has 1 aliphatic heterocycles. The number of aliphatic carboxylic acids is 1. The molecule has 0 bridgehead atoms. The van der Waals surface area contributed by atoms with Crippen LogP contribution in [-0.4, -0.2) is 40.6 Å². The highest BCUT2D eigenvalue weighted by molar-refractivity contribution is 7.99. The second-order valence-electron chi connectivity index (χ2n) is 2.80. The third kappa shape index (κ3) is 2.77. The van der Waals surface area contributed by atoms with Gasteiger partial charge in [-0.1, -0.05) is 0 Å². The van der Waals surface area contributed by atoms with Gasteiger partial charge in [-0.3, -0.25) is 0 Å². The first kappa shape index (κ1) is 9.45. The summed E-state index contributed by atoms with van der Waals surface area (Å²) in [4.78, 5) is 12.2. The first-order valence-corrected chi connectivity index (χ1v) is 5.19. The SMILES string of the molecule is CSC1CCN(/C=C/C(=O)O)C1. The Bertz CT molecular complexity index is 193. The third-order valence-corrected chi connectivity index (χ3v) is 2.99. The lowest BCUT2D eigenvalue weighted by atomic mass is 10.4. The smallest absolute Gasteiger partial charge is 0.329 e. The van der Waals surface area contributed by atoms with E-state index in [-0.39, 0.29) is 0 Å². The van der Waals surface area contributed by atoms with Crippen LogP contribution in [0, 0.1) is 0 Å². The van der Waals surface area contributed by atoms with Gasteiger partial charge >= 0.3 is 5.97 Å². The summed E-state index contributed by atoms with van der Waals surface area (Å²) in [5.74, 6) is -0.873. The molecule has 1 N–H and O–H groups in total. The molecule has 1 atom stereocenters. The van der Waals surface area contributed by atoms with Crippen LogP contribution >= 0.6 is 11.8 Å². The van der Waals surface area contributed by atoms with Crippen molar-refractivity contribution >= 4 is 17.7 Å². The molecule has 68 valence electrons. The van der Waals surface area contributed by atoms with Gasteiger partial charge in [-0.25, -0.2) is 4.79 Å². The highest BCUT2D eigenvalue weighted by atomic mass is 32.2. The van der Waals surface area contributed by atoms with E-state index in [1.165, 1.54) is 6.08 Å². The fourth-order valence-corrected chi connectivity index (χ4v) is 1.93. The lowest BCUT2D eigenvalue weighted by Crippen LogP contribution is -2.14. The zero-order valence-corrected chi connectivity index (χ0v) is 7.88. The molecule has 0 aromatic carbocycles. The molecule has 0 aliphatic carbocycles. The average molecular weight is 187 g/mol. The molecule has 1 aliphatic rings. The van der Waals surface area contributed by atoms with Crippen molar-refractivity contribution in [1.82, 2.24) is 4.90 Å². The van der Waals surface area contributed by atoms with E-state index in [9.17, 15) is 4.79 Å². The zero-order valence-electron chi connectivity index (χ0n) is 7.06. The van der Waals surface area contributed by atoms with Gasteiger partial charge in [0.05, 0.1) is 0 Å². The molecule has 0 amide bonds. The second-order valence-corrected chi connectivity index (χ2v) is 3.93. The Morgan fingerprint density at radius 1 is 1.75 bits per heavy atom. The van der Waals surface area contributed by atoms with E-state index >= 15 is 0 Å². The van der Waals surface area contributed by atoms with Crippen LogP contribution in [0.4, 0.5) is 0 Å². The normalized spacial score (nSPS) is 23.8. The van der Waals surface area contributed by atoms with Crippen molar-refractivity contribution in [3.05, 3.63) is 12.3 Å². The second kappa shape index (κ2) is 4.40. The molecular formula is C8H13NO2S. The summed E-state index contributed by atoms with van der Waals surface area (Å²) >= 11 is 1.85. The minimum absolute atomic E-state index is 0.670. The van der Waals surface area contributed by atoms with Crippen LogP contribution in [0.2, 0.25) is 0 Å². The fourth-order valence-electron chi connectivity index (χ4n) is 1.25. The van der Waals surface area contributed by atoms with Crippen molar-refractivity contribution < 1.29 is 9.90 Å². The quantitative estimate of drug-likeness (QED) is 0.670. The van der Waals surface area contributed by atoms with Crippen molar-refractivity contribution in [3.63, 3.8) is 0 Å². The number of hydrogen-bond donors (Lipinski definition) is 1. The first-order chi connectivity index (χ1) is 5.72. The van der Waals surface area contributed by atoms with Crippen LogP contribution < -0.4 is 0 Å². The average Bonchev–Trinajstić information content (AvgIpc) is 2.48. The molecule has 12 heavy (non-hydrogen) atoms. The van der Waals surface area contributed by atoms with E-state index in [1.807, 2.05) is 11.8 Å². The van der Waals surface area contributed by atoms with Crippen molar-refractivity contribution in [2.24, 2.45) is 0 Å². The van der Waals surface area contributed by atoms with Crippen LogP contribution in [0.1, 0.15) is 6.42 Å². The molecule has 0 saturated carbocycles. The van der Waals surface area contributed by atoms with Crippen molar-refractivity contribution in [2.75, 3.05) is 19.3 Å². The lowest BCUT2D eigenvalue weighted by Gasteiger charge is -2.10. The van der Waals surface area contributed by atoms with Crippen molar-refractivity contribution in [3.8, 4) is 0 Å². The Kier molecular flexibility index (Phi) is 3.47. The van der Waals surface area contributed by atoms with Gasteiger partial charge in [-0.15, -0.1) is 0 Å². The van der Waals surface area contributed by atoms with Crippen LogP contribution in [-0.2, 0) is 4.79 Å². The van der Waals surface area contributed by atoms with Crippen molar-refractivity contribution in [2.45, 2.75) is 11.7 Å². The van der Waals surface area contributed by atoms with E-state index in [0.717, 1.165) is 19.5 Å². The van der Waals surface area contributed by atoms with Gasteiger partial charge in [0.25, 0.3) is 0 Å². The maximum Gasteiger partial charge on any atom is 0.329 e. The number of hydrogen-bond acceptors (Lipinski definition) is 3. The molecule has 0 spiro atoms. The van der Waals surface area contributed by atoms with Crippen LogP contribution in [0.15, 0.2) is 12.3 Å². The maximum absolute atomic E-state index is 10.2. The fraction of sp³-hybridized carbons (Fsp3) is 0.625. The molecule has 1 fully saturated rings.